The number of nitrogens with two attached hydrogens (primary N) is 1. The molecule has 0 aromatic heterocycles. The highest BCUT2D eigenvalue weighted by Crippen LogP contribution is 2.21. The Balaban J connectivity index is 0.00000364. The molecule has 154 valence electrons. The zero-order chi connectivity index (χ0) is 18.8. The Labute approximate surface area is 181 Å². The summed E-state index contributed by atoms with van der Waals surface area (Å²) in [6.07, 6.45) is 7.68. The Bertz CT molecular complexity index is 689. The molecule has 1 aliphatic rings. The number of piperidine rings is 1. The first-order valence-electron chi connectivity index (χ1n) is 9.67. The van der Waals surface area contributed by atoms with E-state index in [2.05, 4.69) is 17.2 Å². The van der Waals surface area contributed by atoms with Crippen LogP contribution >= 0.6 is 24.0 Å². The minimum atomic E-state index is -3.41. The van der Waals surface area contributed by atoms with Gasteiger partial charge in [0.1, 0.15) is 0 Å². The molecule has 0 aliphatic carbocycles. The van der Waals surface area contributed by atoms with Gasteiger partial charge in [0, 0.05) is 19.6 Å². The van der Waals surface area contributed by atoms with Crippen molar-refractivity contribution >= 4 is 40.0 Å². The fourth-order valence-corrected chi connectivity index (χ4v) is 4.65. The summed E-state index contributed by atoms with van der Waals surface area (Å²) in [5, 5.41) is 3.11. The van der Waals surface area contributed by atoms with E-state index in [9.17, 15) is 8.42 Å². The van der Waals surface area contributed by atoms with Gasteiger partial charge in [0.25, 0.3) is 0 Å². The highest BCUT2D eigenvalue weighted by molar-refractivity contribution is 14.0. The Hall–Kier alpha value is -0.870. The number of sulfonamides is 1. The van der Waals surface area contributed by atoms with Gasteiger partial charge in [-0.2, -0.15) is 4.31 Å². The molecular weight excluding hydrogens is 475 g/mol. The summed E-state index contributed by atoms with van der Waals surface area (Å²) in [6, 6.07) is 7.03. The third-order valence-electron chi connectivity index (χ3n) is 4.62. The van der Waals surface area contributed by atoms with Gasteiger partial charge in [0.15, 0.2) is 5.96 Å². The number of guanidine groups is 1. The van der Waals surface area contributed by atoms with Crippen molar-refractivity contribution in [3.63, 3.8) is 0 Å². The highest BCUT2D eigenvalue weighted by atomic mass is 127. The van der Waals surface area contributed by atoms with E-state index in [-0.39, 0.29) is 24.0 Å². The number of hydrogen-bond donors (Lipinski definition) is 2. The number of nitrogens with zero attached hydrogens (tertiary/aromatic N) is 2. The quantitative estimate of drug-likeness (QED) is 0.232. The molecule has 0 atom stereocenters. The van der Waals surface area contributed by atoms with E-state index >= 15 is 0 Å². The summed E-state index contributed by atoms with van der Waals surface area (Å²) < 4.78 is 27.1. The van der Waals surface area contributed by atoms with Gasteiger partial charge in [0.05, 0.1) is 11.4 Å². The second kappa shape index (κ2) is 12.6. The summed E-state index contributed by atoms with van der Waals surface area (Å²) in [7, 11) is -3.41. The molecule has 1 saturated heterocycles. The van der Waals surface area contributed by atoms with Crippen LogP contribution in [0.1, 0.15) is 57.4 Å². The van der Waals surface area contributed by atoms with Crippen LogP contribution in [0, 0.1) is 0 Å². The molecule has 0 bridgehead atoms. The molecular formula is C19H33IN4O2S. The van der Waals surface area contributed by atoms with Gasteiger partial charge < -0.3 is 11.1 Å². The summed E-state index contributed by atoms with van der Waals surface area (Å²) in [4.78, 5) is 4.67. The lowest BCUT2D eigenvalue weighted by molar-refractivity contribution is 0.346. The third-order valence-corrected chi connectivity index (χ3v) is 6.51. The smallest absolute Gasteiger partial charge is 0.243 e. The van der Waals surface area contributed by atoms with Gasteiger partial charge in [-0.05, 0) is 37.0 Å². The highest BCUT2D eigenvalue weighted by Gasteiger charge is 2.25. The van der Waals surface area contributed by atoms with E-state index in [1.54, 1.807) is 22.5 Å². The average Bonchev–Trinajstić information content (AvgIpc) is 2.67. The summed E-state index contributed by atoms with van der Waals surface area (Å²) in [5.41, 5.74) is 6.74. The van der Waals surface area contributed by atoms with E-state index in [0.29, 0.717) is 30.5 Å². The average molecular weight is 508 g/mol. The van der Waals surface area contributed by atoms with Crippen LogP contribution in [0.2, 0.25) is 0 Å². The van der Waals surface area contributed by atoms with E-state index in [0.717, 1.165) is 37.8 Å². The largest absolute Gasteiger partial charge is 0.370 e. The van der Waals surface area contributed by atoms with E-state index < -0.39 is 10.0 Å². The molecule has 0 amide bonds. The van der Waals surface area contributed by atoms with Crippen LogP contribution in [-0.4, -0.2) is 38.3 Å². The molecule has 1 fully saturated rings. The lowest BCUT2D eigenvalue weighted by Crippen LogP contribution is -2.35. The Morgan fingerprint density at radius 1 is 1.19 bits per heavy atom. The van der Waals surface area contributed by atoms with Gasteiger partial charge in [-0.15, -0.1) is 24.0 Å². The van der Waals surface area contributed by atoms with Crippen molar-refractivity contribution in [1.82, 2.24) is 9.62 Å². The molecule has 6 nitrogen and oxygen atoms in total. The molecule has 0 saturated carbocycles. The maximum absolute atomic E-state index is 12.8. The van der Waals surface area contributed by atoms with E-state index in [1.807, 2.05) is 6.07 Å². The molecule has 8 heteroatoms. The van der Waals surface area contributed by atoms with Crippen molar-refractivity contribution in [2.75, 3.05) is 19.6 Å². The Kier molecular flexibility index (Phi) is 11.2. The predicted octanol–water partition coefficient (Wildman–Crippen LogP) is 3.46. The number of rotatable bonds is 9. The first-order valence-corrected chi connectivity index (χ1v) is 11.1. The number of benzene rings is 1. The lowest BCUT2D eigenvalue weighted by atomic mass is 10.2. The number of unbranched alkanes of at least 4 members (excludes halogenated alkanes) is 3. The van der Waals surface area contributed by atoms with Crippen LogP contribution in [0.3, 0.4) is 0 Å². The maximum Gasteiger partial charge on any atom is 0.243 e. The molecule has 0 spiro atoms. The molecule has 3 N–H and O–H groups in total. The van der Waals surface area contributed by atoms with Gasteiger partial charge >= 0.3 is 0 Å². The summed E-state index contributed by atoms with van der Waals surface area (Å²) in [5.74, 6) is 0.408. The molecule has 0 unspecified atom stereocenters. The van der Waals surface area contributed by atoms with Crippen molar-refractivity contribution in [2.24, 2.45) is 10.7 Å². The Morgan fingerprint density at radius 3 is 2.63 bits per heavy atom. The zero-order valence-corrected chi connectivity index (χ0v) is 19.3. The fraction of sp³-hybridized carbons (Fsp3) is 0.632. The minimum Gasteiger partial charge on any atom is -0.370 e. The van der Waals surface area contributed by atoms with Gasteiger partial charge in [-0.1, -0.05) is 44.7 Å². The molecule has 1 heterocycles. The van der Waals surface area contributed by atoms with Gasteiger partial charge in [0.2, 0.25) is 10.0 Å². The van der Waals surface area contributed by atoms with E-state index in [1.165, 1.54) is 19.3 Å². The normalized spacial score (nSPS) is 16.0. The summed E-state index contributed by atoms with van der Waals surface area (Å²) >= 11 is 0. The van der Waals surface area contributed by atoms with Crippen LogP contribution in [0.25, 0.3) is 0 Å². The minimum absolute atomic E-state index is 0. The monoisotopic (exact) mass is 508 g/mol. The SMILES string of the molecule is CCCCCCNC(N)=NCc1cccc(S(=O)(=O)N2CCCCC2)c1.I. The predicted molar refractivity (Wildman–Crippen MR) is 122 cm³/mol. The molecule has 27 heavy (non-hydrogen) atoms. The van der Waals surface area contributed by atoms with Crippen LogP contribution in [-0.2, 0) is 16.6 Å². The van der Waals surface area contributed by atoms with Crippen LogP contribution in [0.15, 0.2) is 34.2 Å². The molecule has 1 aromatic rings. The van der Waals surface area contributed by atoms with Crippen molar-refractivity contribution in [1.29, 1.82) is 0 Å². The lowest BCUT2D eigenvalue weighted by Gasteiger charge is -2.26. The molecule has 1 aromatic carbocycles. The number of hydrogen-bond acceptors (Lipinski definition) is 3. The van der Waals surface area contributed by atoms with Crippen LogP contribution < -0.4 is 11.1 Å². The summed E-state index contributed by atoms with van der Waals surface area (Å²) in [6.45, 7) is 4.60. The molecule has 1 aliphatic heterocycles. The molecule has 0 radical (unpaired) electrons. The van der Waals surface area contributed by atoms with Gasteiger partial charge in [-0.25, -0.2) is 13.4 Å². The van der Waals surface area contributed by atoms with Crippen molar-refractivity contribution in [3.05, 3.63) is 29.8 Å². The first-order chi connectivity index (χ1) is 12.5. The van der Waals surface area contributed by atoms with E-state index in [4.69, 9.17) is 5.73 Å². The number of aliphatic imine (C=N–C) groups is 1. The topological polar surface area (TPSA) is 87.8 Å². The zero-order valence-electron chi connectivity index (χ0n) is 16.2. The van der Waals surface area contributed by atoms with Crippen LogP contribution in [0.5, 0.6) is 0 Å². The Morgan fingerprint density at radius 2 is 1.93 bits per heavy atom. The van der Waals surface area contributed by atoms with Crippen molar-refractivity contribution in [2.45, 2.75) is 63.3 Å². The number of nitrogens with one attached hydrogen (secondary N) is 1. The second-order valence-electron chi connectivity index (χ2n) is 6.80. The molecule has 2 rings (SSSR count). The fourth-order valence-electron chi connectivity index (χ4n) is 3.06. The first kappa shape index (κ1) is 24.2. The van der Waals surface area contributed by atoms with Crippen molar-refractivity contribution < 1.29 is 8.42 Å². The van der Waals surface area contributed by atoms with Gasteiger partial charge in [-0.3, -0.25) is 0 Å². The second-order valence-corrected chi connectivity index (χ2v) is 8.74. The standard InChI is InChI=1S/C19H32N4O2S.HI/c1-2-3-4-6-12-21-19(20)22-16-17-10-9-11-18(15-17)26(24,25)23-13-7-5-8-14-23;/h9-11,15H,2-8,12-14,16H2,1H3,(H3,20,21,22);1H. The maximum atomic E-state index is 12.8. The van der Waals surface area contributed by atoms with Crippen LogP contribution in [0.4, 0.5) is 0 Å². The van der Waals surface area contributed by atoms with Crippen molar-refractivity contribution in [3.8, 4) is 0 Å². The number of halogens is 1. The third kappa shape index (κ3) is 7.95.